The molecule has 0 unspecified atom stereocenters. The van der Waals surface area contributed by atoms with Crippen molar-refractivity contribution in [1.82, 2.24) is 9.97 Å². The van der Waals surface area contributed by atoms with E-state index in [4.69, 9.17) is 4.74 Å². The summed E-state index contributed by atoms with van der Waals surface area (Å²) in [5, 5.41) is 0. The van der Waals surface area contributed by atoms with Crippen LogP contribution in [0.3, 0.4) is 0 Å². The largest absolute Gasteiger partial charge is 0.370 e. The van der Waals surface area contributed by atoms with E-state index in [1.807, 2.05) is 0 Å². The maximum Gasteiger partial charge on any atom is 0.250 e. The molecule has 0 aromatic carbocycles. The summed E-state index contributed by atoms with van der Waals surface area (Å²) in [5.74, 6) is 0.671. The molecular weight excluding hydrogens is 180 g/mol. The molecule has 4 heteroatoms. The summed E-state index contributed by atoms with van der Waals surface area (Å²) in [6, 6.07) is 1.42. The van der Waals surface area contributed by atoms with Gasteiger partial charge in [0, 0.05) is 19.4 Å². The van der Waals surface area contributed by atoms with Gasteiger partial charge in [-0.2, -0.15) is 0 Å². The zero-order valence-corrected chi connectivity index (χ0v) is 8.25. The fraction of sp³-hybridized carbons (Fsp3) is 0.600. The van der Waals surface area contributed by atoms with Crippen molar-refractivity contribution < 1.29 is 4.74 Å². The highest BCUT2D eigenvalue weighted by atomic mass is 16.5. The smallest absolute Gasteiger partial charge is 0.250 e. The molecule has 0 saturated heterocycles. The van der Waals surface area contributed by atoms with Crippen molar-refractivity contribution in [3.63, 3.8) is 0 Å². The molecule has 2 rings (SSSR count). The summed E-state index contributed by atoms with van der Waals surface area (Å²) in [7, 11) is 1.68. The molecule has 1 aromatic heterocycles. The summed E-state index contributed by atoms with van der Waals surface area (Å²) in [6.07, 6.45) is 5.68. The van der Waals surface area contributed by atoms with E-state index in [-0.39, 0.29) is 11.2 Å². The van der Waals surface area contributed by atoms with Crippen molar-refractivity contribution in [3.05, 3.63) is 28.4 Å². The van der Waals surface area contributed by atoms with E-state index in [0.717, 1.165) is 25.7 Å². The topological polar surface area (TPSA) is 55.0 Å². The van der Waals surface area contributed by atoms with E-state index in [1.54, 1.807) is 7.11 Å². The third-order valence-corrected chi connectivity index (χ3v) is 2.90. The second-order valence-electron chi connectivity index (χ2n) is 3.69. The van der Waals surface area contributed by atoms with Crippen LogP contribution >= 0.6 is 0 Å². The Morgan fingerprint density at radius 3 is 2.79 bits per heavy atom. The van der Waals surface area contributed by atoms with Crippen LogP contribution in [0, 0.1) is 0 Å². The van der Waals surface area contributed by atoms with Crippen molar-refractivity contribution in [2.75, 3.05) is 7.11 Å². The van der Waals surface area contributed by atoms with Crippen LogP contribution in [-0.2, 0) is 10.3 Å². The van der Waals surface area contributed by atoms with Crippen LogP contribution in [0.15, 0.2) is 17.1 Å². The highest BCUT2D eigenvalue weighted by Gasteiger charge is 2.37. The molecule has 0 bridgehead atoms. The molecular formula is C10H14N2O2. The summed E-state index contributed by atoms with van der Waals surface area (Å²) in [4.78, 5) is 18.1. The van der Waals surface area contributed by atoms with Gasteiger partial charge in [0.15, 0.2) is 0 Å². The normalized spacial score (nSPS) is 19.8. The van der Waals surface area contributed by atoms with Crippen LogP contribution in [0.4, 0.5) is 0 Å². The zero-order valence-electron chi connectivity index (χ0n) is 8.25. The molecule has 1 aliphatic rings. The molecule has 1 aliphatic carbocycles. The van der Waals surface area contributed by atoms with Gasteiger partial charge in [-0.05, 0) is 25.7 Å². The number of rotatable bonds is 2. The van der Waals surface area contributed by atoms with E-state index >= 15 is 0 Å². The second-order valence-corrected chi connectivity index (χ2v) is 3.69. The van der Waals surface area contributed by atoms with Crippen molar-refractivity contribution in [2.24, 2.45) is 0 Å². The van der Waals surface area contributed by atoms with Crippen LogP contribution in [-0.4, -0.2) is 17.1 Å². The highest BCUT2D eigenvalue weighted by Crippen LogP contribution is 2.39. The average Bonchev–Trinajstić information content (AvgIpc) is 2.67. The molecule has 76 valence electrons. The molecule has 1 fully saturated rings. The second kappa shape index (κ2) is 3.53. The molecule has 1 N–H and O–H groups in total. The summed E-state index contributed by atoms with van der Waals surface area (Å²) >= 11 is 0. The molecule has 0 atom stereocenters. The summed E-state index contributed by atoms with van der Waals surface area (Å²) < 4.78 is 5.51. The molecule has 0 radical (unpaired) electrons. The number of methoxy groups -OCH3 is 1. The van der Waals surface area contributed by atoms with Crippen molar-refractivity contribution in [1.29, 1.82) is 0 Å². The Balaban J connectivity index is 2.40. The maximum absolute atomic E-state index is 11.2. The third kappa shape index (κ3) is 1.46. The Bertz CT molecular complexity index is 366. The number of aromatic amines is 1. The number of nitrogens with zero attached hydrogens (tertiary/aromatic N) is 1. The lowest BCUT2D eigenvalue weighted by atomic mass is 10.0. The molecule has 14 heavy (non-hydrogen) atoms. The SMILES string of the molecule is COC1(c2nccc(=O)[nH]2)CCCC1. The first-order valence-corrected chi connectivity index (χ1v) is 4.88. The van der Waals surface area contributed by atoms with Crippen LogP contribution in [0.5, 0.6) is 0 Å². The minimum Gasteiger partial charge on any atom is -0.370 e. The molecule has 0 spiro atoms. The van der Waals surface area contributed by atoms with Crippen LogP contribution in [0.1, 0.15) is 31.5 Å². The summed E-state index contributed by atoms with van der Waals surface area (Å²) in [5.41, 5.74) is -0.459. The van der Waals surface area contributed by atoms with Gasteiger partial charge in [0.25, 0.3) is 5.56 Å². The monoisotopic (exact) mass is 194 g/mol. The maximum atomic E-state index is 11.2. The molecule has 1 heterocycles. The van der Waals surface area contributed by atoms with Crippen LogP contribution in [0.2, 0.25) is 0 Å². The van der Waals surface area contributed by atoms with Crippen molar-refractivity contribution in [3.8, 4) is 0 Å². The van der Waals surface area contributed by atoms with Gasteiger partial charge >= 0.3 is 0 Å². The van der Waals surface area contributed by atoms with Gasteiger partial charge < -0.3 is 9.72 Å². The lowest BCUT2D eigenvalue weighted by molar-refractivity contribution is -0.0165. The molecule has 4 nitrogen and oxygen atoms in total. The van der Waals surface area contributed by atoms with Crippen LogP contribution in [0.25, 0.3) is 0 Å². The fourth-order valence-electron chi connectivity index (χ4n) is 2.09. The van der Waals surface area contributed by atoms with E-state index < -0.39 is 0 Å². The molecule has 0 amide bonds. The lowest BCUT2D eigenvalue weighted by Crippen LogP contribution is -2.29. The lowest BCUT2D eigenvalue weighted by Gasteiger charge is -2.25. The number of hydrogen-bond donors (Lipinski definition) is 1. The zero-order chi connectivity index (χ0) is 10.0. The Labute approximate surface area is 82.3 Å². The Morgan fingerprint density at radius 1 is 1.50 bits per heavy atom. The predicted octanol–water partition coefficient (Wildman–Crippen LogP) is 1.19. The van der Waals surface area contributed by atoms with Crippen molar-refractivity contribution >= 4 is 0 Å². The molecule has 1 aromatic rings. The standard InChI is InChI=1S/C10H14N2O2/c1-14-10(5-2-3-6-10)9-11-7-4-8(13)12-9/h4,7H,2-3,5-6H2,1H3,(H,11,12,13). The van der Waals surface area contributed by atoms with E-state index in [0.29, 0.717) is 5.82 Å². The Hall–Kier alpha value is -1.16. The minimum atomic E-state index is -0.347. The number of ether oxygens (including phenoxy) is 1. The molecule has 1 saturated carbocycles. The quantitative estimate of drug-likeness (QED) is 0.769. The minimum absolute atomic E-state index is 0.113. The summed E-state index contributed by atoms with van der Waals surface area (Å²) in [6.45, 7) is 0. The van der Waals surface area contributed by atoms with Gasteiger partial charge in [0.1, 0.15) is 11.4 Å². The van der Waals surface area contributed by atoms with Gasteiger partial charge in [-0.15, -0.1) is 0 Å². The predicted molar refractivity (Wildman–Crippen MR) is 52.0 cm³/mol. The average molecular weight is 194 g/mol. The van der Waals surface area contributed by atoms with Gasteiger partial charge in [-0.25, -0.2) is 4.98 Å². The number of aromatic nitrogens is 2. The molecule has 0 aliphatic heterocycles. The number of nitrogens with one attached hydrogen (secondary N) is 1. The number of hydrogen-bond acceptors (Lipinski definition) is 3. The van der Waals surface area contributed by atoms with Gasteiger partial charge in [0.2, 0.25) is 0 Å². The van der Waals surface area contributed by atoms with Gasteiger partial charge in [-0.3, -0.25) is 4.79 Å². The fourth-order valence-corrected chi connectivity index (χ4v) is 2.09. The van der Waals surface area contributed by atoms with Gasteiger partial charge in [-0.1, -0.05) is 0 Å². The first kappa shape index (κ1) is 9.40. The van der Waals surface area contributed by atoms with Crippen LogP contribution < -0.4 is 5.56 Å². The van der Waals surface area contributed by atoms with Gasteiger partial charge in [0.05, 0.1) is 0 Å². The van der Waals surface area contributed by atoms with E-state index in [9.17, 15) is 4.79 Å². The first-order chi connectivity index (χ1) is 6.77. The highest BCUT2D eigenvalue weighted by molar-refractivity contribution is 5.05. The van der Waals surface area contributed by atoms with E-state index in [2.05, 4.69) is 9.97 Å². The van der Waals surface area contributed by atoms with E-state index in [1.165, 1.54) is 12.3 Å². The van der Waals surface area contributed by atoms with Crippen molar-refractivity contribution in [2.45, 2.75) is 31.3 Å². The Morgan fingerprint density at radius 2 is 2.21 bits per heavy atom. The number of H-pyrrole nitrogens is 1. The third-order valence-electron chi connectivity index (χ3n) is 2.90. The Kier molecular flexibility index (Phi) is 2.37. The first-order valence-electron chi connectivity index (χ1n) is 4.88.